The first-order valence-corrected chi connectivity index (χ1v) is 16.3. The fourth-order valence-electron chi connectivity index (χ4n) is 7.33. The van der Waals surface area contributed by atoms with Crippen molar-refractivity contribution >= 4 is 32.6 Å². The van der Waals surface area contributed by atoms with E-state index in [0.717, 1.165) is 33.5 Å². The summed E-state index contributed by atoms with van der Waals surface area (Å²) < 4.78 is 2.37. The van der Waals surface area contributed by atoms with Crippen LogP contribution in [0.2, 0.25) is 0 Å². The topological polar surface area (TPSA) is 67.4 Å². The molecule has 0 bridgehead atoms. The van der Waals surface area contributed by atoms with Crippen LogP contribution in [0.4, 0.5) is 0 Å². The Labute approximate surface area is 282 Å². The van der Waals surface area contributed by atoms with Crippen LogP contribution in [0.5, 0.6) is 0 Å². The average Bonchev–Trinajstić information content (AvgIpc) is 3.71. The van der Waals surface area contributed by atoms with Gasteiger partial charge in [-0.05, 0) is 93.7 Å². The molecule has 49 heavy (non-hydrogen) atoms. The molecule has 1 aliphatic rings. The van der Waals surface area contributed by atoms with Crippen LogP contribution in [0.1, 0.15) is 5.56 Å². The van der Waals surface area contributed by atoms with E-state index in [4.69, 9.17) is 15.0 Å². The molecule has 10 rings (SSSR count). The number of fused-ring (bicyclic) bond motifs is 1. The van der Waals surface area contributed by atoms with Gasteiger partial charge in [0.05, 0.1) is 22.7 Å². The molecular weight excluding hydrogens is 599 g/mol. The maximum Gasteiger partial charge on any atom is 0.164 e. The number of nitrogens with zero attached hydrogens (tertiary/aromatic N) is 5. The van der Waals surface area contributed by atoms with Crippen molar-refractivity contribution in [2.45, 2.75) is 0 Å². The van der Waals surface area contributed by atoms with E-state index in [1.165, 1.54) is 43.7 Å². The maximum absolute atomic E-state index is 9.28. The third-order valence-electron chi connectivity index (χ3n) is 9.59. The van der Waals surface area contributed by atoms with E-state index in [0.29, 0.717) is 23.0 Å². The average molecular weight is 624 g/mol. The summed E-state index contributed by atoms with van der Waals surface area (Å²) in [6.45, 7) is 0. The van der Waals surface area contributed by atoms with Crippen molar-refractivity contribution in [3.8, 4) is 68.2 Å². The predicted molar refractivity (Wildman–Crippen MR) is 197 cm³/mol. The molecule has 0 fully saturated rings. The zero-order valence-electron chi connectivity index (χ0n) is 26.2. The Hall–Kier alpha value is -6.90. The minimum atomic E-state index is 0.638. The van der Waals surface area contributed by atoms with Gasteiger partial charge in [0.25, 0.3) is 0 Å². The smallest absolute Gasteiger partial charge is 0.164 e. The number of nitriles is 1. The minimum Gasteiger partial charge on any atom is -0.309 e. The number of aromatic nitrogens is 4. The Bertz CT molecular complexity index is 2740. The molecular formula is C44H25N5. The van der Waals surface area contributed by atoms with E-state index in [9.17, 15) is 5.26 Å². The fraction of sp³-hybridized carbons (Fsp3) is 0. The molecule has 1 aliphatic carbocycles. The molecule has 9 aromatic rings. The summed E-state index contributed by atoms with van der Waals surface area (Å²) in [4.78, 5) is 14.7. The zero-order chi connectivity index (χ0) is 32.5. The van der Waals surface area contributed by atoms with Gasteiger partial charge in [0.1, 0.15) is 0 Å². The summed E-state index contributed by atoms with van der Waals surface area (Å²) >= 11 is 0. The Balaban J connectivity index is 1.10. The fourth-order valence-corrected chi connectivity index (χ4v) is 7.33. The molecule has 0 unspecified atom stereocenters. The van der Waals surface area contributed by atoms with Gasteiger partial charge >= 0.3 is 0 Å². The third-order valence-corrected chi connectivity index (χ3v) is 9.59. The highest BCUT2D eigenvalue weighted by molar-refractivity contribution is 6.34. The monoisotopic (exact) mass is 623 g/mol. The summed E-state index contributed by atoms with van der Waals surface area (Å²) in [7, 11) is 0. The van der Waals surface area contributed by atoms with Crippen LogP contribution in [0.15, 0.2) is 152 Å². The summed E-state index contributed by atoms with van der Waals surface area (Å²) in [5, 5.41) is 14.4. The van der Waals surface area contributed by atoms with Gasteiger partial charge in [-0.1, -0.05) is 91.0 Å². The quantitative estimate of drug-likeness (QED) is 0.191. The molecule has 0 saturated heterocycles. The number of benzene rings is 7. The minimum absolute atomic E-state index is 0.638. The van der Waals surface area contributed by atoms with Crippen LogP contribution in [0.3, 0.4) is 0 Å². The lowest BCUT2D eigenvalue weighted by atomic mass is 9.95. The second-order valence-corrected chi connectivity index (χ2v) is 12.4. The van der Waals surface area contributed by atoms with Gasteiger partial charge < -0.3 is 4.57 Å². The molecule has 7 aromatic carbocycles. The second kappa shape index (κ2) is 10.6. The van der Waals surface area contributed by atoms with E-state index in [1.807, 2.05) is 84.9 Å². The number of hydrogen-bond donors (Lipinski definition) is 0. The van der Waals surface area contributed by atoms with Gasteiger partial charge in [-0.15, -0.1) is 0 Å². The highest BCUT2D eigenvalue weighted by Gasteiger charge is 2.26. The molecule has 2 heterocycles. The van der Waals surface area contributed by atoms with Crippen molar-refractivity contribution in [3.63, 3.8) is 0 Å². The molecule has 0 radical (unpaired) electrons. The lowest BCUT2D eigenvalue weighted by Crippen LogP contribution is -2.00. The van der Waals surface area contributed by atoms with Crippen LogP contribution in [0.25, 0.3) is 94.7 Å². The van der Waals surface area contributed by atoms with E-state index < -0.39 is 0 Å². The lowest BCUT2D eigenvalue weighted by Gasteiger charge is -2.13. The molecule has 2 aromatic heterocycles. The van der Waals surface area contributed by atoms with Crippen molar-refractivity contribution < 1.29 is 0 Å². The van der Waals surface area contributed by atoms with E-state index in [2.05, 4.69) is 77.4 Å². The maximum atomic E-state index is 9.28. The van der Waals surface area contributed by atoms with Crippen LogP contribution in [-0.4, -0.2) is 19.5 Å². The third kappa shape index (κ3) is 4.21. The Morgan fingerprint density at radius 3 is 1.65 bits per heavy atom. The molecule has 5 heteroatoms. The van der Waals surface area contributed by atoms with E-state index in [-0.39, 0.29) is 0 Å². The van der Waals surface area contributed by atoms with Gasteiger partial charge in [0.15, 0.2) is 17.5 Å². The van der Waals surface area contributed by atoms with Crippen molar-refractivity contribution in [2.24, 2.45) is 0 Å². The summed E-state index contributed by atoms with van der Waals surface area (Å²) in [5.74, 6) is 1.94. The van der Waals surface area contributed by atoms with E-state index in [1.54, 1.807) is 0 Å². The Morgan fingerprint density at radius 2 is 1.02 bits per heavy atom. The van der Waals surface area contributed by atoms with Crippen molar-refractivity contribution in [3.05, 3.63) is 157 Å². The molecule has 0 atom stereocenters. The standard InChI is InChI=1S/C44H25N5/c45-26-27-14-16-28(17-15-27)33-24-32-20-23-38-41-39(32)36(25-33)35-12-7-13-37(40(35)41)49(38)34-21-18-31(19-22-34)44-47-42(29-8-3-1-4-9-29)46-43(48-44)30-10-5-2-6-11-30/h1-25H. The first-order valence-electron chi connectivity index (χ1n) is 16.3. The molecule has 5 nitrogen and oxygen atoms in total. The normalized spacial score (nSPS) is 11.7. The molecule has 0 saturated carbocycles. The lowest BCUT2D eigenvalue weighted by molar-refractivity contribution is 1.07. The predicted octanol–water partition coefficient (Wildman–Crippen LogP) is 10.6. The molecule has 0 aliphatic heterocycles. The Kier molecular flexibility index (Phi) is 5.87. The Morgan fingerprint density at radius 1 is 0.429 bits per heavy atom. The molecule has 0 spiro atoms. The van der Waals surface area contributed by atoms with Crippen LogP contribution in [0, 0.1) is 11.3 Å². The highest BCUT2D eigenvalue weighted by Crippen LogP contribution is 2.51. The van der Waals surface area contributed by atoms with Gasteiger partial charge in [0.2, 0.25) is 0 Å². The van der Waals surface area contributed by atoms with Crippen molar-refractivity contribution in [1.82, 2.24) is 19.5 Å². The van der Waals surface area contributed by atoms with Gasteiger partial charge in [0, 0.05) is 33.2 Å². The summed E-state index contributed by atoms with van der Waals surface area (Å²) in [6.07, 6.45) is 0. The van der Waals surface area contributed by atoms with Crippen LogP contribution < -0.4 is 0 Å². The first kappa shape index (κ1) is 27.2. The molecule has 226 valence electrons. The van der Waals surface area contributed by atoms with Gasteiger partial charge in [-0.3, -0.25) is 0 Å². The summed E-state index contributed by atoms with van der Waals surface area (Å²) in [5.41, 5.74) is 11.7. The van der Waals surface area contributed by atoms with Crippen molar-refractivity contribution in [1.29, 1.82) is 5.26 Å². The molecule has 0 N–H and O–H groups in total. The zero-order valence-corrected chi connectivity index (χ0v) is 26.2. The number of rotatable bonds is 5. The molecule has 0 amide bonds. The van der Waals surface area contributed by atoms with E-state index >= 15 is 0 Å². The van der Waals surface area contributed by atoms with Crippen molar-refractivity contribution in [2.75, 3.05) is 0 Å². The largest absolute Gasteiger partial charge is 0.309 e. The first-order chi connectivity index (χ1) is 24.2. The van der Waals surface area contributed by atoms with Crippen LogP contribution in [-0.2, 0) is 0 Å². The second-order valence-electron chi connectivity index (χ2n) is 12.4. The SMILES string of the molecule is N#Cc1ccc(-c2cc3c4c(ccc5c4c4c-3cccc4n5-c3ccc(-c4nc(-c5ccccc5)nc(-c5ccccc5)n4)cc3)c2)cc1. The number of hydrogen-bond acceptors (Lipinski definition) is 4. The highest BCUT2D eigenvalue weighted by atomic mass is 15.0. The van der Waals surface area contributed by atoms with Crippen LogP contribution >= 0.6 is 0 Å². The van der Waals surface area contributed by atoms with Gasteiger partial charge in [-0.25, -0.2) is 15.0 Å². The van der Waals surface area contributed by atoms with Gasteiger partial charge in [-0.2, -0.15) is 5.26 Å². The summed E-state index contributed by atoms with van der Waals surface area (Å²) in [6, 6.07) is 54.4.